The molecule has 1 aromatic carbocycles. The molecule has 1 amide bonds. The normalized spacial score (nSPS) is 10.4. The lowest BCUT2D eigenvalue weighted by Crippen LogP contribution is -2.27. The van der Waals surface area contributed by atoms with Gasteiger partial charge in [0.25, 0.3) is 5.91 Å². The number of anilines is 1. The van der Waals surface area contributed by atoms with E-state index in [0.717, 1.165) is 11.4 Å². The molecular weight excluding hydrogens is 262 g/mol. The summed E-state index contributed by atoms with van der Waals surface area (Å²) in [6.07, 6.45) is 1.77. The molecule has 0 aliphatic rings. The zero-order valence-electron chi connectivity index (χ0n) is 12.5. The Morgan fingerprint density at radius 2 is 2.05 bits per heavy atom. The monoisotopic (exact) mass is 283 g/mol. The minimum Gasteiger partial charge on any atom is -0.379 e. The maximum Gasteiger partial charge on any atom is 0.251 e. The molecule has 4 nitrogen and oxygen atoms in total. The number of nitrogens with zero attached hydrogens (tertiary/aromatic N) is 1. The van der Waals surface area contributed by atoms with Crippen molar-refractivity contribution in [2.75, 3.05) is 11.9 Å². The zero-order valence-corrected chi connectivity index (χ0v) is 12.5. The number of rotatable bonds is 6. The van der Waals surface area contributed by atoms with Crippen LogP contribution in [0.3, 0.4) is 0 Å². The van der Waals surface area contributed by atoms with E-state index in [2.05, 4.69) is 29.5 Å². The van der Waals surface area contributed by atoms with Crippen molar-refractivity contribution in [1.29, 1.82) is 0 Å². The van der Waals surface area contributed by atoms with Crippen molar-refractivity contribution in [3.63, 3.8) is 0 Å². The summed E-state index contributed by atoms with van der Waals surface area (Å²) in [7, 11) is 0. The molecule has 2 N–H and O–H groups in total. The Labute approximate surface area is 125 Å². The zero-order chi connectivity index (χ0) is 15.1. The molecule has 2 aromatic rings. The number of carbonyl (C=O) groups excluding carboxylic acids is 1. The van der Waals surface area contributed by atoms with E-state index >= 15 is 0 Å². The third-order valence-corrected chi connectivity index (χ3v) is 3.00. The number of nitrogens with one attached hydrogen (secondary N) is 2. The van der Waals surface area contributed by atoms with Gasteiger partial charge in [0.15, 0.2) is 0 Å². The summed E-state index contributed by atoms with van der Waals surface area (Å²) in [6, 6.07) is 13.3. The Morgan fingerprint density at radius 3 is 2.76 bits per heavy atom. The van der Waals surface area contributed by atoms with Gasteiger partial charge in [0, 0.05) is 24.0 Å². The molecule has 0 saturated heterocycles. The van der Waals surface area contributed by atoms with E-state index in [0.29, 0.717) is 24.6 Å². The van der Waals surface area contributed by atoms with Gasteiger partial charge in [-0.1, -0.05) is 26.0 Å². The van der Waals surface area contributed by atoms with Gasteiger partial charge in [0.05, 0.1) is 12.2 Å². The number of benzene rings is 1. The highest BCUT2D eigenvalue weighted by molar-refractivity contribution is 5.95. The molecule has 0 unspecified atom stereocenters. The lowest BCUT2D eigenvalue weighted by atomic mass is 10.1. The molecule has 1 heterocycles. The van der Waals surface area contributed by atoms with Crippen LogP contribution in [0.2, 0.25) is 0 Å². The topological polar surface area (TPSA) is 54.0 Å². The fourth-order valence-electron chi connectivity index (χ4n) is 1.86. The van der Waals surface area contributed by atoms with Gasteiger partial charge in [-0.2, -0.15) is 0 Å². The van der Waals surface area contributed by atoms with Crippen LogP contribution >= 0.6 is 0 Å². The highest BCUT2D eigenvalue weighted by Gasteiger charge is 2.06. The highest BCUT2D eigenvalue weighted by Crippen LogP contribution is 2.12. The molecular formula is C17H21N3O. The maximum atomic E-state index is 12.0. The number of carbonyl (C=O) groups is 1. The van der Waals surface area contributed by atoms with Crippen LogP contribution in [0.4, 0.5) is 5.69 Å². The molecule has 21 heavy (non-hydrogen) atoms. The summed E-state index contributed by atoms with van der Waals surface area (Å²) in [5, 5.41) is 6.20. The second-order valence-corrected chi connectivity index (χ2v) is 5.36. The molecule has 0 aliphatic carbocycles. The van der Waals surface area contributed by atoms with Crippen LogP contribution in [0.15, 0.2) is 48.7 Å². The number of hydrogen-bond donors (Lipinski definition) is 2. The lowest BCUT2D eigenvalue weighted by molar-refractivity contribution is 0.0949. The number of amides is 1. The summed E-state index contributed by atoms with van der Waals surface area (Å²) in [4.78, 5) is 16.3. The first-order valence-corrected chi connectivity index (χ1v) is 7.17. The maximum absolute atomic E-state index is 12.0. The first-order chi connectivity index (χ1) is 10.1. The molecule has 2 rings (SSSR count). The van der Waals surface area contributed by atoms with E-state index in [1.165, 1.54) is 0 Å². The standard InChI is InChI=1S/C17H21N3O/c1-13(2)11-20-17(21)14-6-5-8-15(10-14)19-12-16-7-3-4-9-18-16/h3-10,13,19H,11-12H2,1-2H3,(H,20,21). The SMILES string of the molecule is CC(C)CNC(=O)c1cccc(NCc2ccccn2)c1. The van der Waals surface area contributed by atoms with Crippen molar-refractivity contribution in [1.82, 2.24) is 10.3 Å². The van der Waals surface area contributed by atoms with Crippen molar-refractivity contribution in [3.8, 4) is 0 Å². The van der Waals surface area contributed by atoms with Crippen LogP contribution < -0.4 is 10.6 Å². The van der Waals surface area contributed by atoms with Crippen molar-refractivity contribution < 1.29 is 4.79 Å². The minimum absolute atomic E-state index is 0.0369. The first-order valence-electron chi connectivity index (χ1n) is 7.17. The third-order valence-electron chi connectivity index (χ3n) is 3.00. The average Bonchev–Trinajstić information content (AvgIpc) is 2.52. The van der Waals surface area contributed by atoms with Gasteiger partial charge in [-0.3, -0.25) is 9.78 Å². The van der Waals surface area contributed by atoms with Gasteiger partial charge in [0.2, 0.25) is 0 Å². The van der Waals surface area contributed by atoms with Crippen LogP contribution in [0.1, 0.15) is 29.9 Å². The van der Waals surface area contributed by atoms with E-state index in [-0.39, 0.29) is 5.91 Å². The van der Waals surface area contributed by atoms with E-state index in [1.807, 2.05) is 42.5 Å². The molecule has 0 bridgehead atoms. The van der Waals surface area contributed by atoms with E-state index in [9.17, 15) is 4.79 Å². The van der Waals surface area contributed by atoms with Crippen LogP contribution in [-0.2, 0) is 6.54 Å². The summed E-state index contributed by atoms with van der Waals surface area (Å²) >= 11 is 0. The van der Waals surface area contributed by atoms with Gasteiger partial charge in [-0.05, 0) is 36.2 Å². The third kappa shape index (κ3) is 4.91. The Kier molecular flexibility index (Phi) is 5.32. The first kappa shape index (κ1) is 15.0. The molecule has 1 aromatic heterocycles. The fourth-order valence-corrected chi connectivity index (χ4v) is 1.86. The van der Waals surface area contributed by atoms with Crippen LogP contribution in [0.25, 0.3) is 0 Å². The predicted octanol–water partition coefficient (Wildman–Crippen LogP) is 3.08. The van der Waals surface area contributed by atoms with Gasteiger partial charge < -0.3 is 10.6 Å². The van der Waals surface area contributed by atoms with Crippen LogP contribution in [0, 0.1) is 5.92 Å². The largest absolute Gasteiger partial charge is 0.379 e. The van der Waals surface area contributed by atoms with Gasteiger partial charge in [0.1, 0.15) is 0 Å². The molecule has 4 heteroatoms. The van der Waals surface area contributed by atoms with E-state index in [4.69, 9.17) is 0 Å². The van der Waals surface area contributed by atoms with Crippen LogP contribution in [-0.4, -0.2) is 17.4 Å². The van der Waals surface area contributed by atoms with E-state index in [1.54, 1.807) is 6.20 Å². The summed E-state index contributed by atoms with van der Waals surface area (Å²) in [5.41, 5.74) is 2.55. The van der Waals surface area contributed by atoms with E-state index < -0.39 is 0 Å². The summed E-state index contributed by atoms with van der Waals surface area (Å²) in [5.74, 6) is 0.407. The Hall–Kier alpha value is -2.36. The Morgan fingerprint density at radius 1 is 1.19 bits per heavy atom. The smallest absolute Gasteiger partial charge is 0.251 e. The summed E-state index contributed by atoms with van der Waals surface area (Å²) in [6.45, 7) is 5.47. The molecule has 0 radical (unpaired) electrons. The van der Waals surface area contributed by atoms with Crippen LogP contribution in [0.5, 0.6) is 0 Å². The van der Waals surface area contributed by atoms with Crippen molar-refractivity contribution in [2.24, 2.45) is 5.92 Å². The van der Waals surface area contributed by atoms with Crippen molar-refractivity contribution in [3.05, 3.63) is 59.9 Å². The predicted molar refractivity (Wildman–Crippen MR) is 85.2 cm³/mol. The highest BCUT2D eigenvalue weighted by atomic mass is 16.1. The number of aromatic nitrogens is 1. The molecule has 0 fully saturated rings. The number of hydrogen-bond acceptors (Lipinski definition) is 3. The van der Waals surface area contributed by atoms with Gasteiger partial charge in [-0.25, -0.2) is 0 Å². The lowest BCUT2D eigenvalue weighted by Gasteiger charge is -2.10. The Balaban J connectivity index is 1.96. The molecule has 0 aliphatic heterocycles. The van der Waals surface area contributed by atoms with Gasteiger partial charge in [-0.15, -0.1) is 0 Å². The quantitative estimate of drug-likeness (QED) is 0.856. The molecule has 0 atom stereocenters. The Bertz CT molecular complexity index is 582. The fraction of sp³-hybridized carbons (Fsp3) is 0.294. The molecule has 0 saturated carbocycles. The second kappa shape index (κ2) is 7.43. The number of pyridine rings is 1. The second-order valence-electron chi connectivity index (χ2n) is 5.36. The average molecular weight is 283 g/mol. The molecule has 0 spiro atoms. The van der Waals surface area contributed by atoms with Crippen molar-refractivity contribution >= 4 is 11.6 Å². The molecule has 110 valence electrons. The van der Waals surface area contributed by atoms with Crippen molar-refractivity contribution in [2.45, 2.75) is 20.4 Å². The minimum atomic E-state index is -0.0369. The van der Waals surface area contributed by atoms with Gasteiger partial charge >= 0.3 is 0 Å². The summed E-state index contributed by atoms with van der Waals surface area (Å²) < 4.78 is 0.